The first-order chi connectivity index (χ1) is 17.0. The van der Waals surface area contributed by atoms with Crippen LogP contribution in [-0.2, 0) is 16.1 Å². The fraction of sp³-hybridized carbons (Fsp3) is 0.214. The monoisotopic (exact) mass is 504 g/mol. The number of benzene rings is 3. The summed E-state index contributed by atoms with van der Waals surface area (Å²) in [4.78, 5) is 52.3. The van der Waals surface area contributed by atoms with Gasteiger partial charge >= 0.3 is 5.97 Å². The maximum atomic E-state index is 12.9. The Labute approximate surface area is 214 Å². The highest BCUT2D eigenvalue weighted by Crippen LogP contribution is 2.27. The molecule has 3 aromatic rings. The summed E-state index contributed by atoms with van der Waals surface area (Å²) in [7, 11) is 0. The van der Waals surface area contributed by atoms with Crippen LogP contribution in [-0.4, -0.2) is 34.7 Å². The van der Waals surface area contributed by atoms with Crippen LogP contribution in [0.25, 0.3) is 0 Å². The number of hydrogen-bond acceptors (Lipinski definition) is 5. The highest BCUT2D eigenvalue weighted by Gasteiger charge is 2.36. The Morgan fingerprint density at radius 2 is 1.53 bits per heavy atom. The molecule has 1 atom stereocenters. The predicted octanol–water partition coefficient (Wildman–Crippen LogP) is 5.25. The molecule has 3 aromatic carbocycles. The van der Waals surface area contributed by atoms with Crippen molar-refractivity contribution in [2.24, 2.45) is 0 Å². The molecule has 1 unspecified atom stereocenters. The fourth-order valence-electron chi connectivity index (χ4n) is 4.22. The minimum absolute atomic E-state index is 0.0746. The third kappa shape index (κ3) is 5.02. The molecule has 7 nitrogen and oxygen atoms in total. The molecule has 36 heavy (non-hydrogen) atoms. The van der Waals surface area contributed by atoms with Crippen LogP contribution in [0.4, 0.5) is 5.69 Å². The van der Waals surface area contributed by atoms with E-state index in [0.717, 1.165) is 27.2 Å². The number of nitrogens with one attached hydrogen (secondary N) is 1. The number of carbonyl (C=O) groups is 4. The molecule has 0 bridgehead atoms. The molecule has 1 aliphatic heterocycles. The fourth-order valence-corrected chi connectivity index (χ4v) is 4.34. The molecule has 4 rings (SSSR count). The van der Waals surface area contributed by atoms with Gasteiger partial charge in [0.2, 0.25) is 0 Å². The molecule has 0 spiro atoms. The number of hydrogen-bond donors (Lipinski definition) is 1. The number of nitrogens with zero attached hydrogens (tertiary/aromatic N) is 1. The Bertz CT molecular complexity index is 1370. The Morgan fingerprint density at radius 1 is 0.917 bits per heavy atom. The molecule has 1 heterocycles. The first-order valence-corrected chi connectivity index (χ1v) is 11.8. The minimum atomic E-state index is -1.08. The van der Waals surface area contributed by atoms with Gasteiger partial charge in [-0.1, -0.05) is 41.4 Å². The van der Waals surface area contributed by atoms with Crippen molar-refractivity contribution in [1.82, 2.24) is 4.90 Å². The number of imide groups is 1. The Kier molecular flexibility index (Phi) is 6.95. The number of esters is 1. The number of anilines is 1. The van der Waals surface area contributed by atoms with Gasteiger partial charge in [-0.05, 0) is 74.7 Å². The van der Waals surface area contributed by atoms with E-state index in [-0.39, 0.29) is 23.2 Å². The van der Waals surface area contributed by atoms with Crippen molar-refractivity contribution in [2.75, 3.05) is 5.32 Å². The first kappa shape index (κ1) is 25.1. The summed E-state index contributed by atoms with van der Waals surface area (Å²) in [6.07, 6.45) is -1.08. The zero-order valence-electron chi connectivity index (χ0n) is 20.3. The van der Waals surface area contributed by atoms with Crippen LogP contribution in [0.3, 0.4) is 0 Å². The van der Waals surface area contributed by atoms with E-state index in [4.69, 9.17) is 16.3 Å². The molecule has 1 aliphatic rings. The quantitative estimate of drug-likeness (QED) is 0.366. The van der Waals surface area contributed by atoms with Crippen molar-refractivity contribution < 1.29 is 23.9 Å². The van der Waals surface area contributed by atoms with Crippen LogP contribution >= 0.6 is 11.6 Å². The van der Waals surface area contributed by atoms with Gasteiger partial charge in [-0.2, -0.15) is 0 Å². The second kappa shape index (κ2) is 9.95. The largest absolute Gasteiger partial charge is 0.449 e. The highest BCUT2D eigenvalue weighted by atomic mass is 35.5. The Morgan fingerprint density at radius 3 is 2.17 bits per heavy atom. The molecule has 1 N–H and O–H groups in total. The standard InChI is InChI=1S/C28H25ClN2O5/c1-15-11-16(2)24(17(3)12-15)30-25(32)18(4)36-28(35)20-7-10-22-23(13-20)27(34)31(26(22)33)14-19-5-8-21(29)9-6-19/h5-13,18H,14H2,1-4H3,(H,30,32). The lowest BCUT2D eigenvalue weighted by molar-refractivity contribution is -0.123. The average Bonchev–Trinajstić information content (AvgIpc) is 3.06. The number of amides is 3. The van der Waals surface area contributed by atoms with Gasteiger partial charge in [-0.15, -0.1) is 0 Å². The second-order valence-corrected chi connectivity index (χ2v) is 9.33. The second-order valence-electron chi connectivity index (χ2n) is 8.89. The zero-order chi connectivity index (χ0) is 26.1. The average molecular weight is 505 g/mol. The number of aryl methyl sites for hydroxylation is 3. The molecule has 8 heteroatoms. The summed E-state index contributed by atoms with van der Waals surface area (Å²) in [6.45, 7) is 7.32. The smallest absolute Gasteiger partial charge is 0.338 e. The lowest BCUT2D eigenvalue weighted by Crippen LogP contribution is -2.30. The predicted molar refractivity (Wildman–Crippen MR) is 136 cm³/mol. The normalized spacial score (nSPS) is 13.4. The van der Waals surface area contributed by atoms with Crippen LogP contribution in [0.5, 0.6) is 0 Å². The van der Waals surface area contributed by atoms with Crippen molar-refractivity contribution in [3.05, 3.63) is 98.6 Å². The molecular weight excluding hydrogens is 480 g/mol. The van der Waals surface area contributed by atoms with Crippen LogP contribution < -0.4 is 5.32 Å². The van der Waals surface area contributed by atoms with Crippen molar-refractivity contribution in [3.8, 4) is 0 Å². The maximum absolute atomic E-state index is 12.9. The Balaban J connectivity index is 1.45. The van der Waals surface area contributed by atoms with E-state index < -0.39 is 29.8 Å². The third-order valence-corrected chi connectivity index (χ3v) is 6.29. The molecule has 0 aliphatic carbocycles. The van der Waals surface area contributed by atoms with Crippen LogP contribution in [0.2, 0.25) is 5.02 Å². The molecule has 0 saturated heterocycles. The highest BCUT2D eigenvalue weighted by molar-refractivity contribution is 6.30. The van der Waals surface area contributed by atoms with Crippen molar-refractivity contribution >= 4 is 41.0 Å². The van der Waals surface area contributed by atoms with Gasteiger partial charge in [0.05, 0.1) is 23.2 Å². The molecule has 0 radical (unpaired) electrons. The SMILES string of the molecule is Cc1cc(C)c(NC(=O)C(C)OC(=O)c2ccc3c(c2)C(=O)N(Cc2ccc(Cl)cc2)C3=O)c(C)c1. The molecule has 0 aromatic heterocycles. The van der Waals surface area contributed by atoms with Crippen molar-refractivity contribution in [1.29, 1.82) is 0 Å². The number of fused-ring (bicyclic) bond motifs is 1. The van der Waals surface area contributed by atoms with Crippen LogP contribution in [0.15, 0.2) is 54.6 Å². The topological polar surface area (TPSA) is 92.8 Å². The summed E-state index contributed by atoms with van der Waals surface area (Å²) in [5, 5.41) is 3.37. The lowest BCUT2D eigenvalue weighted by atomic mass is 10.0. The van der Waals surface area contributed by atoms with E-state index in [1.165, 1.54) is 25.1 Å². The number of rotatable bonds is 6. The molecule has 3 amide bonds. The van der Waals surface area contributed by atoms with Gasteiger partial charge in [0.1, 0.15) is 0 Å². The van der Waals surface area contributed by atoms with Gasteiger partial charge in [-0.25, -0.2) is 4.79 Å². The first-order valence-electron chi connectivity index (χ1n) is 11.4. The van der Waals surface area contributed by atoms with Crippen LogP contribution in [0.1, 0.15) is 60.3 Å². The van der Waals surface area contributed by atoms with Crippen LogP contribution in [0, 0.1) is 20.8 Å². The van der Waals surface area contributed by atoms with Gasteiger partial charge < -0.3 is 10.1 Å². The summed E-state index contributed by atoms with van der Waals surface area (Å²) < 4.78 is 5.36. The van der Waals surface area contributed by atoms with Gasteiger partial charge in [0.15, 0.2) is 6.10 Å². The van der Waals surface area contributed by atoms with E-state index >= 15 is 0 Å². The van der Waals surface area contributed by atoms with Gasteiger partial charge in [-0.3, -0.25) is 19.3 Å². The molecule has 0 saturated carbocycles. The number of carbonyl (C=O) groups excluding carboxylic acids is 4. The molecule has 184 valence electrons. The third-order valence-electron chi connectivity index (χ3n) is 6.04. The van der Waals surface area contributed by atoms with E-state index in [2.05, 4.69) is 5.32 Å². The van der Waals surface area contributed by atoms with Gasteiger partial charge in [0, 0.05) is 10.7 Å². The lowest BCUT2D eigenvalue weighted by Gasteiger charge is -2.17. The molecular formula is C28H25ClN2O5. The number of ether oxygens (including phenoxy) is 1. The summed E-state index contributed by atoms with van der Waals surface area (Å²) in [6, 6.07) is 14.9. The number of halogens is 1. The van der Waals surface area contributed by atoms with E-state index in [1.54, 1.807) is 24.3 Å². The van der Waals surface area contributed by atoms with Gasteiger partial charge in [0.25, 0.3) is 17.7 Å². The summed E-state index contributed by atoms with van der Waals surface area (Å²) >= 11 is 5.90. The minimum Gasteiger partial charge on any atom is -0.449 e. The molecule has 0 fully saturated rings. The van der Waals surface area contributed by atoms with Crippen molar-refractivity contribution in [2.45, 2.75) is 40.3 Å². The maximum Gasteiger partial charge on any atom is 0.338 e. The Hall–Kier alpha value is -3.97. The van der Waals surface area contributed by atoms with E-state index in [9.17, 15) is 19.2 Å². The van der Waals surface area contributed by atoms with E-state index in [1.807, 2.05) is 32.9 Å². The zero-order valence-corrected chi connectivity index (χ0v) is 21.1. The summed E-state index contributed by atoms with van der Waals surface area (Å²) in [5.74, 6) is -2.19. The summed E-state index contributed by atoms with van der Waals surface area (Å²) in [5.41, 5.74) is 4.72. The van der Waals surface area contributed by atoms with Crippen molar-refractivity contribution in [3.63, 3.8) is 0 Å². The van der Waals surface area contributed by atoms with E-state index in [0.29, 0.717) is 10.7 Å².